The fourth-order valence-corrected chi connectivity index (χ4v) is 2.43. The SMILES string of the molecule is CC(C)=CCn1cc(NC(=O)Nc2ccc(OC(F)(F)F)cc2)nc1C(=O)NC(C)CO. The number of aliphatic hydroxyl groups is 1. The molecule has 32 heavy (non-hydrogen) atoms. The van der Waals surface area contributed by atoms with Gasteiger partial charge < -0.3 is 25.0 Å². The lowest BCUT2D eigenvalue weighted by Gasteiger charge is -2.11. The van der Waals surface area contributed by atoms with Crippen molar-refractivity contribution >= 4 is 23.4 Å². The van der Waals surface area contributed by atoms with E-state index in [0.717, 1.165) is 17.7 Å². The molecule has 0 saturated carbocycles. The molecule has 0 aliphatic carbocycles. The predicted molar refractivity (Wildman–Crippen MR) is 111 cm³/mol. The molecule has 1 atom stereocenters. The molecule has 0 fully saturated rings. The number of aliphatic hydroxyl groups excluding tert-OH is 1. The quantitative estimate of drug-likeness (QED) is 0.455. The summed E-state index contributed by atoms with van der Waals surface area (Å²) in [6, 6.07) is 3.40. The molecule has 0 aliphatic rings. The molecule has 0 bridgehead atoms. The van der Waals surface area contributed by atoms with Crippen LogP contribution >= 0.6 is 0 Å². The van der Waals surface area contributed by atoms with E-state index >= 15 is 0 Å². The number of benzene rings is 1. The van der Waals surface area contributed by atoms with E-state index in [9.17, 15) is 22.8 Å². The molecule has 9 nitrogen and oxygen atoms in total. The van der Waals surface area contributed by atoms with E-state index in [1.807, 2.05) is 19.9 Å². The molecule has 0 spiro atoms. The zero-order valence-electron chi connectivity index (χ0n) is 17.7. The minimum atomic E-state index is -4.81. The van der Waals surface area contributed by atoms with Gasteiger partial charge in [0.05, 0.1) is 6.61 Å². The summed E-state index contributed by atoms with van der Waals surface area (Å²) in [5.74, 6) is -0.827. The van der Waals surface area contributed by atoms with Crippen molar-refractivity contribution in [2.45, 2.75) is 39.7 Å². The Balaban J connectivity index is 2.10. The van der Waals surface area contributed by atoms with E-state index in [0.29, 0.717) is 6.54 Å². The zero-order valence-corrected chi connectivity index (χ0v) is 17.7. The zero-order chi connectivity index (χ0) is 23.9. The first-order valence-corrected chi connectivity index (χ1v) is 9.53. The van der Waals surface area contributed by atoms with Crippen LogP contribution in [0.1, 0.15) is 31.4 Å². The van der Waals surface area contributed by atoms with Crippen molar-refractivity contribution in [1.29, 1.82) is 0 Å². The van der Waals surface area contributed by atoms with Gasteiger partial charge in [0.1, 0.15) is 5.75 Å². The van der Waals surface area contributed by atoms with Crippen molar-refractivity contribution in [3.63, 3.8) is 0 Å². The number of aromatic nitrogens is 2. The lowest BCUT2D eigenvalue weighted by atomic mass is 10.3. The van der Waals surface area contributed by atoms with Gasteiger partial charge in [0, 0.05) is 24.5 Å². The average molecular weight is 455 g/mol. The lowest BCUT2D eigenvalue weighted by molar-refractivity contribution is -0.274. The molecule has 1 unspecified atom stereocenters. The third-order valence-corrected chi connectivity index (χ3v) is 3.91. The summed E-state index contributed by atoms with van der Waals surface area (Å²) in [6.07, 6.45) is -1.48. The third-order valence-electron chi connectivity index (χ3n) is 3.91. The number of imidazole rings is 1. The normalized spacial score (nSPS) is 12.0. The topological polar surface area (TPSA) is 118 Å². The number of allylic oxidation sites excluding steroid dienone is 2. The molecule has 174 valence electrons. The van der Waals surface area contributed by atoms with Crippen molar-refractivity contribution in [3.05, 3.63) is 47.9 Å². The monoisotopic (exact) mass is 455 g/mol. The molecule has 12 heteroatoms. The Morgan fingerprint density at radius 1 is 1.22 bits per heavy atom. The summed E-state index contributed by atoms with van der Waals surface area (Å²) >= 11 is 0. The molecule has 2 aromatic rings. The van der Waals surface area contributed by atoms with Gasteiger partial charge >= 0.3 is 12.4 Å². The number of carbonyl (C=O) groups is 2. The van der Waals surface area contributed by atoms with Gasteiger partial charge in [-0.05, 0) is 45.0 Å². The highest BCUT2D eigenvalue weighted by atomic mass is 19.4. The fourth-order valence-electron chi connectivity index (χ4n) is 2.43. The van der Waals surface area contributed by atoms with Crippen molar-refractivity contribution in [3.8, 4) is 5.75 Å². The Labute approximate surface area is 182 Å². The van der Waals surface area contributed by atoms with Crippen molar-refractivity contribution < 1.29 is 32.6 Å². The Kier molecular flexibility index (Phi) is 8.24. The minimum Gasteiger partial charge on any atom is -0.406 e. The van der Waals surface area contributed by atoms with Crippen LogP contribution in [-0.2, 0) is 6.54 Å². The number of hydrogen-bond acceptors (Lipinski definition) is 5. The minimum absolute atomic E-state index is 0.0340. The Morgan fingerprint density at radius 3 is 2.44 bits per heavy atom. The van der Waals surface area contributed by atoms with E-state index in [1.54, 1.807) is 6.92 Å². The Hall–Kier alpha value is -3.54. The number of amides is 3. The molecule has 0 saturated heterocycles. The number of rotatable bonds is 8. The van der Waals surface area contributed by atoms with Gasteiger partial charge in [-0.25, -0.2) is 9.78 Å². The molecule has 3 amide bonds. The second kappa shape index (κ2) is 10.7. The van der Waals surface area contributed by atoms with E-state index in [2.05, 4.69) is 25.7 Å². The van der Waals surface area contributed by atoms with Gasteiger partial charge in [0.25, 0.3) is 5.91 Å². The van der Waals surface area contributed by atoms with Crippen LogP contribution < -0.4 is 20.7 Å². The number of urea groups is 1. The summed E-state index contributed by atoms with van der Waals surface area (Å²) < 4.78 is 42.0. The molecule has 1 aromatic carbocycles. The molecule has 4 N–H and O–H groups in total. The number of nitrogens with zero attached hydrogens (tertiary/aromatic N) is 2. The van der Waals surface area contributed by atoms with Crippen LogP contribution in [0.15, 0.2) is 42.1 Å². The highest BCUT2D eigenvalue weighted by Gasteiger charge is 2.31. The highest BCUT2D eigenvalue weighted by molar-refractivity contribution is 5.99. The first kappa shape index (κ1) is 24.7. The van der Waals surface area contributed by atoms with E-state index in [1.165, 1.54) is 22.9 Å². The van der Waals surface area contributed by atoms with Crippen molar-refractivity contribution in [2.75, 3.05) is 17.2 Å². The number of alkyl halides is 3. The van der Waals surface area contributed by atoms with Crippen molar-refractivity contribution in [2.24, 2.45) is 0 Å². The van der Waals surface area contributed by atoms with Crippen LogP contribution in [0.5, 0.6) is 5.75 Å². The number of hydrogen-bond donors (Lipinski definition) is 4. The Bertz CT molecular complexity index is 967. The largest absolute Gasteiger partial charge is 0.573 e. The van der Waals surface area contributed by atoms with Gasteiger partial charge in [-0.15, -0.1) is 13.2 Å². The number of halogens is 3. The summed E-state index contributed by atoms with van der Waals surface area (Å²) in [6.45, 7) is 5.49. The summed E-state index contributed by atoms with van der Waals surface area (Å²) in [5, 5.41) is 16.6. The van der Waals surface area contributed by atoms with Crippen LogP contribution in [0.25, 0.3) is 0 Å². The number of anilines is 2. The van der Waals surface area contributed by atoms with E-state index < -0.39 is 30.1 Å². The molecule has 0 radical (unpaired) electrons. The molecular weight excluding hydrogens is 431 g/mol. The van der Waals surface area contributed by atoms with Crippen LogP contribution in [-0.4, -0.2) is 45.6 Å². The molecule has 0 aliphatic heterocycles. The van der Waals surface area contributed by atoms with Crippen molar-refractivity contribution in [1.82, 2.24) is 14.9 Å². The predicted octanol–water partition coefficient (Wildman–Crippen LogP) is 3.50. The summed E-state index contributed by atoms with van der Waals surface area (Å²) in [4.78, 5) is 28.8. The lowest BCUT2D eigenvalue weighted by Crippen LogP contribution is -2.36. The second-order valence-electron chi connectivity index (χ2n) is 7.09. The van der Waals surface area contributed by atoms with Gasteiger partial charge in [-0.1, -0.05) is 11.6 Å². The van der Waals surface area contributed by atoms with Gasteiger partial charge in [0.15, 0.2) is 5.82 Å². The molecular formula is C20H24F3N5O4. The van der Waals surface area contributed by atoms with Crippen LogP contribution in [0.3, 0.4) is 0 Å². The number of ether oxygens (including phenoxy) is 1. The molecule has 1 aromatic heterocycles. The third kappa shape index (κ3) is 7.95. The fraction of sp³-hybridized carbons (Fsp3) is 0.350. The number of carbonyl (C=O) groups excluding carboxylic acids is 2. The number of nitrogens with one attached hydrogen (secondary N) is 3. The van der Waals surface area contributed by atoms with Gasteiger partial charge in [-0.3, -0.25) is 10.1 Å². The first-order valence-electron chi connectivity index (χ1n) is 9.53. The van der Waals surface area contributed by atoms with Crippen LogP contribution in [0.2, 0.25) is 0 Å². The van der Waals surface area contributed by atoms with Gasteiger partial charge in [0.2, 0.25) is 5.82 Å². The Morgan fingerprint density at radius 2 is 1.88 bits per heavy atom. The summed E-state index contributed by atoms with van der Waals surface area (Å²) in [7, 11) is 0. The van der Waals surface area contributed by atoms with Crippen LogP contribution in [0.4, 0.5) is 29.5 Å². The van der Waals surface area contributed by atoms with Gasteiger partial charge in [-0.2, -0.15) is 0 Å². The molecule has 1 heterocycles. The maximum Gasteiger partial charge on any atom is 0.573 e. The average Bonchev–Trinajstić information content (AvgIpc) is 3.09. The smallest absolute Gasteiger partial charge is 0.406 e. The van der Waals surface area contributed by atoms with E-state index in [4.69, 9.17) is 5.11 Å². The summed E-state index contributed by atoms with van der Waals surface area (Å²) in [5.41, 5.74) is 1.23. The molecule has 2 rings (SSSR count). The maximum absolute atomic E-state index is 12.5. The first-order chi connectivity index (χ1) is 15.0. The standard InChI is InChI=1S/C20H24F3N5O4/c1-12(2)8-9-28-10-16(26-17(28)18(30)24-13(3)11-29)27-19(31)25-14-4-6-15(7-5-14)32-20(21,22)23/h4-8,10,13,29H,9,11H2,1-3H3,(H,24,30)(H2,25,27,31). The highest BCUT2D eigenvalue weighted by Crippen LogP contribution is 2.24. The maximum atomic E-state index is 12.5. The second-order valence-corrected chi connectivity index (χ2v) is 7.09. The van der Waals surface area contributed by atoms with E-state index in [-0.39, 0.29) is 23.9 Å². The van der Waals surface area contributed by atoms with Crippen LogP contribution in [0, 0.1) is 0 Å².